The molecule has 5 heteroatoms. The molecule has 1 aliphatic rings. The van der Waals surface area contributed by atoms with Crippen LogP contribution in [0.25, 0.3) is 0 Å². The second-order valence-corrected chi connectivity index (χ2v) is 8.29. The molecule has 1 heterocycles. The number of nitrogens with zero attached hydrogens (tertiary/aromatic N) is 3. The van der Waals surface area contributed by atoms with E-state index >= 15 is 0 Å². The van der Waals surface area contributed by atoms with Crippen molar-refractivity contribution in [2.75, 3.05) is 6.54 Å². The molecule has 0 bridgehead atoms. The van der Waals surface area contributed by atoms with Crippen molar-refractivity contribution in [2.24, 2.45) is 7.05 Å². The molecule has 1 atom stereocenters. The first-order valence-corrected chi connectivity index (χ1v) is 10.7. The first-order chi connectivity index (χ1) is 13.9. The summed E-state index contributed by atoms with van der Waals surface area (Å²) >= 11 is 0. The summed E-state index contributed by atoms with van der Waals surface area (Å²) in [7, 11) is 2.00. The number of benzene rings is 1. The van der Waals surface area contributed by atoms with Gasteiger partial charge < -0.3 is 14.4 Å². The number of hydrogen-bond acceptors (Lipinski definition) is 2. The maximum absolute atomic E-state index is 13.4. The zero-order valence-electron chi connectivity index (χ0n) is 18.0. The van der Waals surface area contributed by atoms with Gasteiger partial charge in [-0.25, -0.2) is 0 Å². The van der Waals surface area contributed by atoms with Crippen LogP contribution in [0.2, 0.25) is 0 Å². The van der Waals surface area contributed by atoms with Crippen molar-refractivity contribution in [1.29, 1.82) is 0 Å². The summed E-state index contributed by atoms with van der Waals surface area (Å²) in [5.41, 5.74) is 2.13. The summed E-state index contributed by atoms with van der Waals surface area (Å²) in [6.45, 7) is 6.74. The summed E-state index contributed by atoms with van der Waals surface area (Å²) in [4.78, 5) is 30.3. The molecule has 5 nitrogen and oxygen atoms in total. The van der Waals surface area contributed by atoms with Crippen LogP contribution in [0.3, 0.4) is 0 Å². The molecule has 0 spiro atoms. The van der Waals surface area contributed by atoms with E-state index in [9.17, 15) is 9.59 Å². The molecular weight excluding hydrogens is 362 g/mol. The molecule has 1 fully saturated rings. The van der Waals surface area contributed by atoms with E-state index in [1.165, 1.54) is 0 Å². The quantitative estimate of drug-likeness (QED) is 0.645. The van der Waals surface area contributed by atoms with Crippen LogP contribution in [-0.2, 0) is 23.2 Å². The van der Waals surface area contributed by atoms with Crippen molar-refractivity contribution in [1.82, 2.24) is 14.4 Å². The van der Waals surface area contributed by atoms with Gasteiger partial charge >= 0.3 is 0 Å². The molecule has 29 heavy (non-hydrogen) atoms. The molecule has 2 amide bonds. The molecule has 1 aromatic carbocycles. The third-order valence-corrected chi connectivity index (χ3v) is 5.81. The highest BCUT2D eigenvalue weighted by Gasteiger charge is 2.35. The van der Waals surface area contributed by atoms with Gasteiger partial charge in [0.05, 0.1) is 12.5 Å². The van der Waals surface area contributed by atoms with Crippen LogP contribution in [0.15, 0.2) is 48.7 Å². The monoisotopic (exact) mass is 395 g/mol. The largest absolute Gasteiger partial charge is 0.353 e. The lowest BCUT2D eigenvalue weighted by atomic mass is 9.94. The Bertz CT molecular complexity index is 824. The lowest BCUT2D eigenvalue weighted by Gasteiger charge is -2.32. The number of carbonyl (C=O) groups is 2. The number of aromatic nitrogens is 1. The van der Waals surface area contributed by atoms with Gasteiger partial charge in [-0.2, -0.15) is 0 Å². The van der Waals surface area contributed by atoms with Crippen LogP contribution < -0.4 is 0 Å². The maximum atomic E-state index is 13.4. The molecule has 0 radical (unpaired) electrons. The first-order valence-electron chi connectivity index (χ1n) is 10.7. The number of rotatable bonds is 9. The van der Waals surface area contributed by atoms with Gasteiger partial charge in [0, 0.05) is 31.0 Å². The van der Waals surface area contributed by atoms with Crippen molar-refractivity contribution < 1.29 is 9.59 Å². The normalized spacial score (nSPS) is 14.7. The summed E-state index contributed by atoms with van der Waals surface area (Å²) < 4.78 is 2.05. The fourth-order valence-corrected chi connectivity index (χ4v) is 3.83. The zero-order chi connectivity index (χ0) is 21.0. The molecule has 1 aromatic heterocycles. The minimum atomic E-state index is -0.214. The summed E-state index contributed by atoms with van der Waals surface area (Å²) in [6, 6.07) is 14.2. The highest BCUT2D eigenvalue weighted by molar-refractivity contribution is 5.89. The average molecular weight is 396 g/mol. The predicted octanol–water partition coefficient (Wildman–Crippen LogP) is 3.95. The van der Waals surface area contributed by atoms with Gasteiger partial charge in [-0.3, -0.25) is 9.59 Å². The van der Waals surface area contributed by atoms with E-state index in [1.54, 1.807) is 4.90 Å². The van der Waals surface area contributed by atoms with Gasteiger partial charge in [-0.15, -0.1) is 0 Å². The van der Waals surface area contributed by atoms with Crippen LogP contribution >= 0.6 is 0 Å². The lowest BCUT2D eigenvalue weighted by Crippen LogP contribution is -2.47. The zero-order valence-corrected chi connectivity index (χ0v) is 18.0. The molecule has 2 aromatic rings. The van der Waals surface area contributed by atoms with Gasteiger partial charge in [-0.1, -0.05) is 37.3 Å². The van der Waals surface area contributed by atoms with Crippen LogP contribution in [0.1, 0.15) is 57.2 Å². The molecule has 1 aliphatic carbocycles. The van der Waals surface area contributed by atoms with Gasteiger partial charge in [0.1, 0.15) is 6.54 Å². The predicted molar refractivity (Wildman–Crippen MR) is 115 cm³/mol. The minimum absolute atomic E-state index is 0.0275. The van der Waals surface area contributed by atoms with Gasteiger partial charge in [-0.05, 0) is 50.8 Å². The lowest BCUT2D eigenvalue weighted by molar-refractivity contribution is -0.143. The Hall–Kier alpha value is -2.56. The van der Waals surface area contributed by atoms with E-state index in [1.807, 2.05) is 75.3 Å². The van der Waals surface area contributed by atoms with E-state index in [4.69, 9.17) is 0 Å². The molecule has 0 N–H and O–H groups in total. The van der Waals surface area contributed by atoms with Crippen LogP contribution in [0, 0.1) is 0 Å². The van der Waals surface area contributed by atoms with Crippen molar-refractivity contribution in [3.63, 3.8) is 0 Å². The Morgan fingerprint density at radius 3 is 2.31 bits per heavy atom. The molecule has 0 saturated heterocycles. The Balaban J connectivity index is 1.75. The maximum Gasteiger partial charge on any atom is 0.242 e. The highest BCUT2D eigenvalue weighted by atomic mass is 16.2. The number of hydrogen-bond donors (Lipinski definition) is 0. The van der Waals surface area contributed by atoms with Crippen LogP contribution in [0.5, 0.6) is 0 Å². The number of carbonyl (C=O) groups excluding carboxylic acids is 2. The van der Waals surface area contributed by atoms with Gasteiger partial charge in [0.2, 0.25) is 11.8 Å². The molecule has 3 rings (SSSR count). The Kier molecular flexibility index (Phi) is 6.78. The Morgan fingerprint density at radius 1 is 1.10 bits per heavy atom. The average Bonchev–Trinajstić information content (AvgIpc) is 3.47. The van der Waals surface area contributed by atoms with Crippen molar-refractivity contribution in [3.8, 4) is 0 Å². The molecular formula is C24H33N3O2. The van der Waals surface area contributed by atoms with Crippen LogP contribution in [0.4, 0.5) is 0 Å². The number of aryl methyl sites for hydroxylation is 1. The summed E-state index contributed by atoms with van der Waals surface area (Å²) in [6.07, 6.45) is 4.82. The second-order valence-electron chi connectivity index (χ2n) is 8.29. The number of amides is 2. The highest BCUT2D eigenvalue weighted by Crippen LogP contribution is 2.29. The van der Waals surface area contributed by atoms with E-state index < -0.39 is 0 Å². The van der Waals surface area contributed by atoms with E-state index in [2.05, 4.69) is 10.6 Å². The van der Waals surface area contributed by atoms with Crippen LogP contribution in [-0.4, -0.2) is 44.8 Å². The molecule has 156 valence electrons. The second kappa shape index (κ2) is 9.29. The third kappa shape index (κ3) is 5.08. The first kappa shape index (κ1) is 21.2. The van der Waals surface area contributed by atoms with Gasteiger partial charge in [0.25, 0.3) is 0 Å². The molecule has 1 saturated carbocycles. The SMILES string of the molecule is CC[C@@H](C(=O)N(CC(=O)N(Cc1cccn1C)C1CC1)C(C)C)c1ccccc1. The fraction of sp³-hybridized carbons (Fsp3) is 0.500. The third-order valence-electron chi connectivity index (χ3n) is 5.81. The smallest absolute Gasteiger partial charge is 0.242 e. The minimum Gasteiger partial charge on any atom is -0.353 e. The Morgan fingerprint density at radius 2 is 1.79 bits per heavy atom. The standard InChI is InChI=1S/C24H33N3O2/c1-5-22(19-10-7-6-8-11-19)24(29)26(18(2)3)17-23(28)27(20-13-14-20)16-21-12-9-15-25(21)4/h6-12,15,18,20,22H,5,13-14,16-17H2,1-4H3/t22-/m1/s1. The Labute approximate surface area is 174 Å². The van der Waals surface area contributed by atoms with Crippen molar-refractivity contribution in [3.05, 3.63) is 59.9 Å². The summed E-state index contributed by atoms with van der Waals surface area (Å²) in [5, 5.41) is 0. The fourth-order valence-electron chi connectivity index (χ4n) is 3.83. The van der Waals surface area contributed by atoms with E-state index in [0.29, 0.717) is 12.6 Å². The molecule has 0 aliphatic heterocycles. The van der Waals surface area contributed by atoms with E-state index in [-0.39, 0.29) is 30.3 Å². The molecule has 0 unspecified atom stereocenters. The van der Waals surface area contributed by atoms with Crippen molar-refractivity contribution in [2.45, 2.75) is 64.6 Å². The van der Waals surface area contributed by atoms with E-state index in [0.717, 1.165) is 30.5 Å². The van der Waals surface area contributed by atoms with Crippen molar-refractivity contribution >= 4 is 11.8 Å². The summed E-state index contributed by atoms with van der Waals surface area (Å²) in [5.74, 6) is -0.135. The topological polar surface area (TPSA) is 45.6 Å². The van der Waals surface area contributed by atoms with Gasteiger partial charge in [0.15, 0.2) is 0 Å².